The van der Waals surface area contributed by atoms with Crippen LogP contribution in [0.3, 0.4) is 0 Å². The molecule has 0 aromatic heterocycles. The fraction of sp³-hybridized carbons (Fsp3) is 0.714. The summed E-state index contributed by atoms with van der Waals surface area (Å²) < 4.78 is 0. The lowest BCUT2D eigenvalue weighted by atomic mass is 10.1. The van der Waals surface area contributed by atoms with Gasteiger partial charge >= 0.3 is 0 Å². The van der Waals surface area contributed by atoms with Crippen LogP contribution in [0, 0.1) is 5.92 Å². The maximum atomic E-state index is 11.0. The molecular formula is C7H11NO2S. The molecule has 1 rings (SSSR count). The van der Waals surface area contributed by atoms with E-state index in [1.165, 1.54) is 11.8 Å². The Hall–Kier alpha value is -0.510. The van der Waals surface area contributed by atoms with Crippen molar-refractivity contribution in [2.75, 3.05) is 5.75 Å². The van der Waals surface area contributed by atoms with Crippen molar-refractivity contribution < 1.29 is 9.59 Å². The molecule has 1 aliphatic heterocycles. The molecule has 3 nitrogen and oxygen atoms in total. The number of amides is 2. The number of hydrogen-bond acceptors (Lipinski definition) is 3. The smallest absolute Gasteiger partial charge is 0.240 e. The van der Waals surface area contributed by atoms with Crippen molar-refractivity contribution in [1.29, 1.82) is 0 Å². The van der Waals surface area contributed by atoms with E-state index >= 15 is 0 Å². The van der Waals surface area contributed by atoms with Crippen LogP contribution in [0.4, 0.5) is 0 Å². The highest BCUT2D eigenvalue weighted by Crippen LogP contribution is 2.24. The molecule has 11 heavy (non-hydrogen) atoms. The van der Waals surface area contributed by atoms with Gasteiger partial charge in [0, 0.05) is 0 Å². The largest absolute Gasteiger partial charge is 0.295 e. The van der Waals surface area contributed by atoms with Crippen LogP contribution in [0.25, 0.3) is 0 Å². The summed E-state index contributed by atoms with van der Waals surface area (Å²) in [5, 5.41) is 2.14. The Kier molecular flexibility index (Phi) is 2.54. The molecule has 0 bridgehead atoms. The Morgan fingerprint density at radius 2 is 2.09 bits per heavy atom. The van der Waals surface area contributed by atoms with Crippen LogP contribution < -0.4 is 5.32 Å². The highest BCUT2D eigenvalue weighted by Gasteiger charge is 2.37. The molecule has 4 heteroatoms. The van der Waals surface area contributed by atoms with Gasteiger partial charge in [-0.05, 0) is 5.75 Å². The molecule has 1 saturated heterocycles. The number of imide groups is 1. The highest BCUT2D eigenvalue weighted by molar-refractivity contribution is 8.00. The summed E-state index contributed by atoms with van der Waals surface area (Å²) in [4.78, 5) is 22.0. The highest BCUT2D eigenvalue weighted by atomic mass is 32.2. The third kappa shape index (κ3) is 1.56. The number of nitrogens with one attached hydrogen (secondary N) is 1. The summed E-state index contributed by atoms with van der Waals surface area (Å²) in [6.07, 6.45) is 0. The van der Waals surface area contributed by atoms with Gasteiger partial charge in [-0.3, -0.25) is 14.9 Å². The van der Waals surface area contributed by atoms with Crippen molar-refractivity contribution >= 4 is 23.6 Å². The van der Waals surface area contributed by atoms with E-state index < -0.39 is 0 Å². The van der Waals surface area contributed by atoms with Crippen LogP contribution in [0.5, 0.6) is 0 Å². The van der Waals surface area contributed by atoms with Gasteiger partial charge in [-0.2, -0.15) is 0 Å². The van der Waals surface area contributed by atoms with Gasteiger partial charge in [0.1, 0.15) is 0 Å². The van der Waals surface area contributed by atoms with Gasteiger partial charge in [0.15, 0.2) is 0 Å². The zero-order valence-electron chi connectivity index (χ0n) is 6.59. The Morgan fingerprint density at radius 3 is 2.45 bits per heavy atom. The van der Waals surface area contributed by atoms with Gasteiger partial charge < -0.3 is 0 Å². The second-order valence-corrected chi connectivity index (χ2v) is 3.94. The van der Waals surface area contributed by atoms with Crippen LogP contribution in [0.1, 0.15) is 13.8 Å². The molecule has 1 N–H and O–H groups in total. The van der Waals surface area contributed by atoms with Crippen molar-refractivity contribution in [3.8, 4) is 0 Å². The third-order valence-corrected chi connectivity index (χ3v) is 3.03. The molecule has 2 amide bonds. The lowest BCUT2D eigenvalue weighted by molar-refractivity contribution is -0.125. The van der Waals surface area contributed by atoms with Crippen molar-refractivity contribution in [1.82, 2.24) is 5.32 Å². The Labute approximate surface area is 69.9 Å². The summed E-state index contributed by atoms with van der Waals surface area (Å²) in [5.41, 5.74) is 0. The minimum atomic E-state index is -0.160. The number of carbonyl (C=O) groups excluding carboxylic acids is 2. The van der Waals surface area contributed by atoms with E-state index in [0.717, 1.165) is 5.75 Å². The molecule has 0 saturated carbocycles. The topological polar surface area (TPSA) is 46.2 Å². The second-order valence-electron chi connectivity index (χ2n) is 2.52. The fourth-order valence-corrected chi connectivity index (χ4v) is 2.05. The molecule has 0 radical (unpaired) electrons. The summed E-state index contributed by atoms with van der Waals surface area (Å²) >= 11 is 1.53. The van der Waals surface area contributed by atoms with E-state index in [1.54, 1.807) is 6.92 Å². The van der Waals surface area contributed by atoms with Gasteiger partial charge in [0.2, 0.25) is 11.8 Å². The molecule has 2 atom stereocenters. The van der Waals surface area contributed by atoms with Crippen molar-refractivity contribution in [3.05, 3.63) is 0 Å². The molecule has 62 valence electrons. The maximum absolute atomic E-state index is 11.0. The van der Waals surface area contributed by atoms with E-state index in [-0.39, 0.29) is 23.0 Å². The second kappa shape index (κ2) is 3.26. The van der Waals surface area contributed by atoms with Crippen LogP contribution >= 0.6 is 11.8 Å². The summed E-state index contributed by atoms with van der Waals surface area (Å²) in [6.45, 7) is 3.76. The molecule has 0 aromatic rings. The molecule has 1 aliphatic rings. The van der Waals surface area contributed by atoms with Crippen molar-refractivity contribution in [2.24, 2.45) is 5.92 Å². The van der Waals surface area contributed by atoms with E-state index in [2.05, 4.69) is 5.32 Å². The Bertz CT molecular complexity index is 193. The third-order valence-electron chi connectivity index (χ3n) is 1.72. The molecule has 1 fully saturated rings. The Balaban J connectivity index is 2.63. The average Bonchev–Trinajstić information content (AvgIpc) is 2.17. The van der Waals surface area contributed by atoms with Gasteiger partial charge in [-0.1, -0.05) is 13.8 Å². The van der Waals surface area contributed by atoms with Crippen LogP contribution in [0.15, 0.2) is 0 Å². The van der Waals surface area contributed by atoms with E-state index in [1.807, 2.05) is 6.92 Å². The first kappa shape index (κ1) is 8.59. The summed E-state index contributed by atoms with van der Waals surface area (Å²) in [6, 6.07) is 0. The average molecular weight is 173 g/mol. The number of hydrogen-bond donors (Lipinski definition) is 1. The number of carbonyl (C=O) groups is 2. The molecule has 2 unspecified atom stereocenters. The van der Waals surface area contributed by atoms with E-state index in [9.17, 15) is 9.59 Å². The van der Waals surface area contributed by atoms with Crippen LogP contribution in [-0.4, -0.2) is 22.8 Å². The zero-order valence-corrected chi connectivity index (χ0v) is 7.40. The molecule has 1 heterocycles. The first-order chi connectivity index (χ1) is 5.16. The quantitative estimate of drug-likeness (QED) is 0.615. The van der Waals surface area contributed by atoms with Crippen LogP contribution in [-0.2, 0) is 9.59 Å². The van der Waals surface area contributed by atoms with E-state index in [4.69, 9.17) is 0 Å². The normalized spacial score (nSPS) is 30.7. The molecular weight excluding hydrogens is 162 g/mol. The van der Waals surface area contributed by atoms with Gasteiger partial charge in [0.25, 0.3) is 0 Å². The van der Waals surface area contributed by atoms with Gasteiger partial charge in [-0.15, -0.1) is 11.8 Å². The SMILES string of the molecule is CCSC1C(=O)NC(=O)C1C. The summed E-state index contributed by atoms with van der Waals surface area (Å²) in [5.74, 6) is 0.443. The van der Waals surface area contributed by atoms with Crippen molar-refractivity contribution in [3.63, 3.8) is 0 Å². The standard InChI is InChI=1S/C7H11NO2S/c1-3-11-5-4(2)6(9)8-7(5)10/h4-5H,3H2,1-2H3,(H,8,9,10). The minimum absolute atomic E-state index is 0.130. The van der Waals surface area contributed by atoms with Crippen LogP contribution in [0.2, 0.25) is 0 Å². The lowest BCUT2D eigenvalue weighted by Crippen LogP contribution is -2.23. The maximum Gasteiger partial charge on any atom is 0.240 e. The molecule has 0 aromatic carbocycles. The summed E-state index contributed by atoms with van der Waals surface area (Å²) in [7, 11) is 0. The minimum Gasteiger partial charge on any atom is -0.295 e. The fourth-order valence-electron chi connectivity index (χ4n) is 1.07. The first-order valence-electron chi connectivity index (χ1n) is 3.63. The predicted molar refractivity (Wildman–Crippen MR) is 44.2 cm³/mol. The monoisotopic (exact) mass is 173 g/mol. The number of rotatable bonds is 2. The predicted octanol–water partition coefficient (Wildman–Crippen LogP) is 0.401. The molecule has 0 aliphatic carbocycles. The van der Waals surface area contributed by atoms with Crippen molar-refractivity contribution in [2.45, 2.75) is 19.1 Å². The molecule has 0 spiro atoms. The Morgan fingerprint density at radius 1 is 1.45 bits per heavy atom. The van der Waals surface area contributed by atoms with Gasteiger partial charge in [-0.25, -0.2) is 0 Å². The van der Waals surface area contributed by atoms with Gasteiger partial charge in [0.05, 0.1) is 11.2 Å². The lowest BCUT2D eigenvalue weighted by Gasteiger charge is -2.07. The van der Waals surface area contributed by atoms with E-state index in [0.29, 0.717) is 0 Å². The zero-order chi connectivity index (χ0) is 8.43. The first-order valence-corrected chi connectivity index (χ1v) is 4.68. The number of thioether (sulfide) groups is 1.